The standard InChI is InChI=1S/C15H19ClN2OS/c1-9(2)15-18-12(8-20-15)7-19-14-5-4-11(16)6-13(14)10(3)17/h4-6,8-10H,7,17H2,1-3H3/t10-/m0/s1. The molecule has 2 aromatic rings. The first kappa shape index (κ1) is 15.3. The third-order valence-electron chi connectivity index (χ3n) is 2.90. The number of thiazole rings is 1. The van der Waals surface area contributed by atoms with Gasteiger partial charge in [0.25, 0.3) is 0 Å². The minimum absolute atomic E-state index is 0.120. The summed E-state index contributed by atoms with van der Waals surface area (Å²) >= 11 is 7.66. The molecule has 2 rings (SSSR count). The topological polar surface area (TPSA) is 48.1 Å². The zero-order valence-electron chi connectivity index (χ0n) is 11.9. The second-order valence-corrected chi connectivity index (χ2v) is 6.42. The first-order valence-corrected chi connectivity index (χ1v) is 7.85. The highest BCUT2D eigenvalue weighted by Crippen LogP contribution is 2.28. The SMILES string of the molecule is CC(C)c1nc(COc2ccc(Cl)cc2[C@H](C)N)cs1. The fourth-order valence-corrected chi connectivity index (χ4v) is 2.81. The number of nitrogens with zero attached hydrogens (tertiary/aromatic N) is 1. The summed E-state index contributed by atoms with van der Waals surface area (Å²) < 4.78 is 5.84. The number of aromatic nitrogens is 1. The van der Waals surface area contributed by atoms with Crippen LogP contribution in [0.1, 0.15) is 49.0 Å². The normalized spacial score (nSPS) is 12.7. The number of rotatable bonds is 5. The van der Waals surface area contributed by atoms with Crippen LogP contribution in [0, 0.1) is 0 Å². The first-order valence-electron chi connectivity index (χ1n) is 6.59. The molecular formula is C15H19ClN2OS. The van der Waals surface area contributed by atoms with Crippen LogP contribution in [0.3, 0.4) is 0 Å². The number of hydrogen-bond donors (Lipinski definition) is 1. The van der Waals surface area contributed by atoms with Gasteiger partial charge in [0, 0.05) is 27.9 Å². The van der Waals surface area contributed by atoms with Gasteiger partial charge in [0.1, 0.15) is 12.4 Å². The molecule has 0 unspecified atom stereocenters. The average molecular weight is 311 g/mol. The molecule has 1 aromatic carbocycles. The van der Waals surface area contributed by atoms with E-state index < -0.39 is 0 Å². The third-order valence-corrected chi connectivity index (χ3v) is 4.33. The summed E-state index contributed by atoms with van der Waals surface area (Å²) in [5.74, 6) is 1.22. The molecule has 0 spiro atoms. The maximum atomic E-state index is 5.99. The van der Waals surface area contributed by atoms with Crippen molar-refractivity contribution >= 4 is 22.9 Å². The van der Waals surface area contributed by atoms with E-state index in [1.807, 2.05) is 30.5 Å². The smallest absolute Gasteiger partial charge is 0.131 e. The van der Waals surface area contributed by atoms with Gasteiger partial charge in [-0.3, -0.25) is 0 Å². The summed E-state index contributed by atoms with van der Waals surface area (Å²) in [7, 11) is 0. The molecule has 20 heavy (non-hydrogen) atoms. The van der Waals surface area contributed by atoms with Crippen molar-refractivity contribution < 1.29 is 4.74 Å². The van der Waals surface area contributed by atoms with Gasteiger partial charge in [0.2, 0.25) is 0 Å². The Kier molecular flexibility index (Phi) is 5.02. The molecule has 0 aliphatic heterocycles. The zero-order valence-corrected chi connectivity index (χ0v) is 13.5. The van der Waals surface area contributed by atoms with Crippen molar-refractivity contribution in [3.8, 4) is 5.75 Å². The van der Waals surface area contributed by atoms with Crippen LogP contribution in [0.4, 0.5) is 0 Å². The van der Waals surface area contributed by atoms with E-state index >= 15 is 0 Å². The van der Waals surface area contributed by atoms with E-state index in [0.29, 0.717) is 17.5 Å². The molecule has 0 amide bonds. The van der Waals surface area contributed by atoms with Crippen molar-refractivity contribution in [2.24, 2.45) is 5.73 Å². The quantitative estimate of drug-likeness (QED) is 0.883. The van der Waals surface area contributed by atoms with Crippen molar-refractivity contribution in [2.45, 2.75) is 39.3 Å². The number of ether oxygens (including phenoxy) is 1. The molecule has 3 nitrogen and oxygen atoms in total. The van der Waals surface area contributed by atoms with E-state index in [-0.39, 0.29) is 6.04 Å². The van der Waals surface area contributed by atoms with Crippen molar-refractivity contribution in [3.05, 3.63) is 44.9 Å². The molecule has 0 saturated heterocycles. The zero-order chi connectivity index (χ0) is 14.7. The Morgan fingerprint density at radius 2 is 2.10 bits per heavy atom. The molecular weight excluding hydrogens is 292 g/mol. The summed E-state index contributed by atoms with van der Waals surface area (Å²) in [4.78, 5) is 4.55. The van der Waals surface area contributed by atoms with E-state index in [2.05, 4.69) is 18.8 Å². The maximum Gasteiger partial charge on any atom is 0.131 e. The molecule has 1 aromatic heterocycles. The van der Waals surface area contributed by atoms with Crippen LogP contribution < -0.4 is 10.5 Å². The van der Waals surface area contributed by atoms with Gasteiger partial charge in [-0.2, -0.15) is 0 Å². The number of nitrogens with two attached hydrogens (primary N) is 1. The molecule has 0 bridgehead atoms. The van der Waals surface area contributed by atoms with Crippen molar-refractivity contribution in [1.82, 2.24) is 4.98 Å². The molecule has 1 atom stereocenters. The molecule has 0 saturated carbocycles. The van der Waals surface area contributed by atoms with Gasteiger partial charge in [-0.05, 0) is 25.1 Å². The third kappa shape index (κ3) is 3.72. The van der Waals surface area contributed by atoms with Gasteiger partial charge in [-0.1, -0.05) is 25.4 Å². The summed E-state index contributed by atoms with van der Waals surface area (Å²) in [6, 6.07) is 5.40. The van der Waals surface area contributed by atoms with Gasteiger partial charge in [-0.25, -0.2) is 4.98 Å². The Balaban J connectivity index is 2.10. The van der Waals surface area contributed by atoms with E-state index in [1.165, 1.54) is 0 Å². The lowest BCUT2D eigenvalue weighted by atomic mass is 10.1. The lowest BCUT2D eigenvalue weighted by molar-refractivity contribution is 0.297. The monoisotopic (exact) mass is 310 g/mol. The number of hydrogen-bond acceptors (Lipinski definition) is 4. The number of halogens is 1. The molecule has 0 aliphatic rings. The van der Waals surface area contributed by atoms with E-state index in [4.69, 9.17) is 22.1 Å². The Labute approximate surface area is 128 Å². The summed E-state index contributed by atoms with van der Waals surface area (Å²) in [5, 5.41) is 3.84. The van der Waals surface area contributed by atoms with Gasteiger partial charge >= 0.3 is 0 Å². The van der Waals surface area contributed by atoms with Crippen LogP contribution >= 0.6 is 22.9 Å². The lowest BCUT2D eigenvalue weighted by Gasteiger charge is -2.13. The van der Waals surface area contributed by atoms with Gasteiger partial charge < -0.3 is 10.5 Å². The minimum atomic E-state index is -0.120. The molecule has 108 valence electrons. The minimum Gasteiger partial charge on any atom is -0.487 e. The van der Waals surface area contributed by atoms with Crippen LogP contribution in [-0.4, -0.2) is 4.98 Å². The average Bonchev–Trinajstić information content (AvgIpc) is 2.86. The van der Waals surface area contributed by atoms with Crippen LogP contribution in [0.2, 0.25) is 5.02 Å². The molecule has 0 fully saturated rings. The van der Waals surface area contributed by atoms with Crippen LogP contribution in [0.5, 0.6) is 5.75 Å². The lowest BCUT2D eigenvalue weighted by Crippen LogP contribution is -2.08. The fraction of sp³-hybridized carbons (Fsp3) is 0.400. The molecule has 0 aliphatic carbocycles. The van der Waals surface area contributed by atoms with Gasteiger partial charge in [0.15, 0.2) is 0 Å². The largest absolute Gasteiger partial charge is 0.487 e. The fourth-order valence-electron chi connectivity index (χ4n) is 1.81. The first-order chi connectivity index (χ1) is 9.47. The van der Waals surface area contributed by atoms with Crippen molar-refractivity contribution in [3.63, 3.8) is 0 Å². The van der Waals surface area contributed by atoms with Crippen molar-refractivity contribution in [2.75, 3.05) is 0 Å². The summed E-state index contributed by atoms with van der Waals surface area (Å²) in [6.07, 6.45) is 0. The van der Waals surface area contributed by atoms with Gasteiger partial charge in [-0.15, -0.1) is 11.3 Å². The highest BCUT2D eigenvalue weighted by molar-refractivity contribution is 7.09. The van der Waals surface area contributed by atoms with Crippen molar-refractivity contribution in [1.29, 1.82) is 0 Å². The molecule has 5 heteroatoms. The molecule has 2 N–H and O–H groups in total. The van der Waals surface area contributed by atoms with E-state index in [9.17, 15) is 0 Å². The highest BCUT2D eigenvalue weighted by atomic mass is 35.5. The predicted octanol–water partition coefficient (Wildman–Crippen LogP) is 4.52. The molecule has 0 radical (unpaired) electrons. The molecule has 1 heterocycles. The Hall–Kier alpha value is -1.10. The second kappa shape index (κ2) is 6.57. The second-order valence-electron chi connectivity index (χ2n) is 5.09. The van der Waals surface area contributed by atoms with E-state index in [0.717, 1.165) is 22.0 Å². The predicted molar refractivity (Wildman–Crippen MR) is 84.6 cm³/mol. The van der Waals surface area contributed by atoms with E-state index in [1.54, 1.807) is 11.3 Å². The van der Waals surface area contributed by atoms with Gasteiger partial charge in [0.05, 0.1) is 10.7 Å². The van der Waals surface area contributed by atoms with Crippen LogP contribution in [0.15, 0.2) is 23.6 Å². The maximum absolute atomic E-state index is 5.99. The highest BCUT2D eigenvalue weighted by Gasteiger charge is 2.11. The summed E-state index contributed by atoms with van der Waals surface area (Å²) in [5.41, 5.74) is 7.81. The van der Waals surface area contributed by atoms with Crippen LogP contribution in [0.25, 0.3) is 0 Å². The number of benzene rings is 1. The Morgan fingerprint density at radius 1 is 1.35 bits per heavy atom. The Bertz CT molecular complexity index is 581. The Morgan fingerprint density at radius 3 is 2.70 bits per heavy atom. The van der Waals surface area contributed by atoms with Crippen LogP contribution in [-0.2, 0) is 6.61 Å². The summed E-state index contributed by atoms with van der Waals surface area (Å²) in [6.45, 7) is 6.64.